The highest BCUT2D eigenvalue weighted by atomic mass is 16.5. The molecule has 0 atom stereocenters. The van der Waals surface area contributed by atoms with Crippen LogP contribution in [0.25, 0.3) is 0 Å². The number of benzene rings is 1. The van der Waals surface area contributed by atoms with Gasteiger partial charge in [-0.2, -0.15) is 0 Å². The molecule has 0 aromatic heterocycles. The van der Waals surface area contributed by atoms with E-state index in [0.29, 0.717) is 17.7 Å². The number of ketones is 1. The van der Waals surface area contributed by atoms with Gasteiger partial charge in [0.15, 0.2) is 5.78 Å². The van der Waals surface area contributed by atoms with Crippen molar-refractivity contribution in [3.05, 3.63) is 29.8 Å². The Bertz CT molecular complexity index is 441. The first-order chi connectivity index (χ1) is 9.04. The summed E-state index contributed by atoms with van der Waals surface area (Å²) in [5, 5.41) is 2.79. The van der Waals surface area contributed by atoms with Crippen LogP contribution in [0.15, 0.2) is 24.3 Å². The van der Waals surface area contributed by atoms with Crippen LogP contribution < -0.4 is 10.1 Å². The third-order valence-corrected chi connectivity index (χ3v) is 2.54. The van der Waals surface area contributed by atoms with Gasteiger partial charge in [-0.3, -0.25) is 9.59 Å². The van der Waals surface area contributed by atoms with E-state index in [0.717, 1.165) is 0 Å². The molecule has 1 rings (SSSR count). The minimum absolute atomic E-state index is 0.0437. The van der Waals surface area contributed by atoms with E-state index >= 15 is 0 Å². The monoisotopic (exact) mass is 263 g/mol. The number of carbonyl (C=O) groups is 2. The topological polar surface area (TPSA) is 55.4 Å². The van der Waals surface area contributed by atoms with E-state index in [4.69, 9.17) is 4.74 Å². The van der Waals surface area contributed by atoms with E-state index in [1.165, 1.54) is 0 Å². The van der Waals surface area contributed by atoms with Crippen LogP contribution in [0.2, 0.25) is 0 Å². The summed E-state index contributed by atoms with van der Waals surface area (Å²) in [6, 6.07) is 7.25. The van der Waals surface area contributed by atoms with Crippen molar-refractivity contribution < 1.29 is 14.3 Å². The van der Waals surface area contributed by atoms with Gasteiger partial charge in [0.25, 0.3) is 0 Å². The van der Waals surface area contributed by atoms with E-state index in [1.54, 1.807) is 18.2 Å². The molecule has 0 aliphatic heterocycles. The van der Waals surface area contributed by atoms with Crippen LogP contribution in [0.4, 0.5) is 0 Å². The van der Waals surface area contributed by atoms with E-state index in [1.807, 2.05) is 26.8 Å². The molecule has 0 spiro atoms. The third kappa shape index (κ3) is 5.12. The molecular formula is C15H21NO3. The normalized spacial score (nSPS) is 10.3. The molecule has 0 unspecified atom stereocenters. The molecule has 4 heteroatoms. The molecule has 104 valence electrons. The van der Waals surface area contributed by atoms with E-state index < -0.39 is 0 Å². The molecule has 0 aliphatic carbocycles. The van der Waals surface area contributed by atoms with Crippen LogP contribution in [0.1, 0.15) is 44.0 Å². The zero-order valence-electron chi connectivity index (χ0n) is 11.7. The van der Waals surface area contributed by atoms with Gasteiger partial charge in [-0.1, -0.05) is 19.1 Å². The molecule has 0 aliphatic rings. The molecule has 19 heavy (non-hydrogen) atoms. The van der Waals surface area contributed by atoms with Gasteiger partial charge < -0.3 is 10.1 Å². The molecule has 1 aromatic rings. The Kier molecular flexibility index (Phi) is 6.06. The Balaban J connectivity index is 2.54. The predicted molar refractivity (Wildman–Crippen MR) is 74.5 cm³/mol. The smallest absolute Gasteiger partial charge is 0.223 e. The summed E-state index contributed by atoms with van der Waals surface area (Å²) >= 11 is 0. The molecule has 0 saturated carbocycles. The Morgan fingerprint density at radius 3 is 2.58 bits per heavy atom. The first kappa shape index (κ1) is 15.2. The summed E-state index contributed by atoms with van der Waals surface area (Å²) in [6.45, 7) is 5.91. The lowest BCUT2D eigenvalue weighted by molar-refractivity contribution is -0.122. The van der Waals surface area contributed by atoms with Crippen molar-refractivity contribution in [2.45, 2.75) is 39.7 Å². The number of Topliss-reactive ketones (excluding diaryl/α,β-unsaturated/α-hetero) is 1. The average molecular weight is 263 g/mol. The van der Waals surface area contributed by atoms with Crippen molar-refractivity contribution >= 4 is 11.7 Å². The molecule has 0 bridgehead atoms. The maximum atomic E-state index is 11.7. The second-order valence-corrected chi connectivity index (χ2v) is 4.59. The van der Waals surface area contributed by atoms with Gasteiger partial charge in [0, 0.05) is 12.5 Å². The van der Waals surface area contributed by atoms with E-state index in [9.17, 15) is 9.59 Å². The van der Waals surface area contributed by atoms with Gasteiger partial charge in [0.05, 0.1) is 18.6 Å². The number of para-hydroxylation sites is 1. The van der Waals surface area contributed by atoms with Crippen molar-refractivity contribution in [2.24, 2.45) is 0 Å². The minimum Gasteiger partial charge on any atom is -0.492 e. The Labute approximate surface area is 114 Å². The zero-order valence-corrected chi connectivity index (χ0v) is 11.7. The van der Waals surface area contributed by atoms with Crippen molar-refractivity contribution in [3.8, 4) is 5.75 Å². The summed E-state index contributed by atoms with van der Waals surface area (Å²) in [4.78, 5) is 23.2. The summed E-state index contributed by atoms with van der Waals surface area (Å²) in [7, 11) is 0. The summed E-state index contributed by atoms with van der Waals surface area (Å²) < 4.78 is 5.53. The highest BCUT2D eigenvalue weighted by molar-refractivity contribution is 5.98. The first-order valence-corrected chi connectivity index (χ1v) is 6.59. The fourth-order valence-electron chi connectivity index (χ4n) is 1.66. The molecule has 0 fully saturated rings. The molecule has 0 heterocycles. The number of hydrogen-bond donors (Lipinski definition) is 1. The first-order valence-electron chi connectivity index (χ1n) is 6.59. The number of hydrogen-bond acceptors (Lipinski definition) is 3. The van der Waals surface area contributed by atoms with Gasteiger partial charge in [-0.15, -0.1) is 0 Å². The fourth-order valence-corrected chi connectivity index (χ4v) is 1.66. The second kappa shape index (κ2) is 7.56. The number of amides is 1. The van der Waals surface area contributed by atoms with Gasteiger partial charge in [-0.25, -0.2) is 0 Å². The predicted octanol–water partition coefficient (Wildman–Crippen LogP) is 2.57. The van der Waals surface area contributed by atoms with Crippen molar-refractivity contribution in [1.82, 2.24) is 5.32 Å². The summed E-state index contributed by atoms with van der Waals surface area (Å²) in [5.41, 5.74) is 0.578. The van der Waals surface area contributed by atoms with Crippen molar-refractivity contribution in [1.29, 1.82) is 0 Å². The van der Waals surface area contributed by atoms with Crippen molar-refractivity contribution in [2.75, 3.05) is 6.61 Å². The molecule has 1 amide bonds. The number of ether oxygens (including phenoxy) is 1. The van der Waals surface area contributed by atoms with Crippen LogP contribution in [0.3, 0.4) is 0 Å². The van der Waals surface area contributed by atoms with Gasteiger partial charge in [0.1, 0.15) is 5.75 Å². The maximum Gasteiger partial charge on any atom is 0.223 e. The van der Waals surface area contributed by atoms with Crippen molar-refractivity contribution in [3.63, 3.8) is 0 Å². The lowest BCUT2D eigenvalue weighted by Gasteiger charge is -2.11. The van der Waals surface area contributed by atoms with Crippen LogP contribution >= 0.6 is 0 Å². The number of carbonyl (C=O) groups excluding carboxylic acids is 2. The Morgan fingerprint density at radius 2 is 1.95 bits per heavy atom. The van der Waals surface area contributed by atoms with Crippen LogP contribution in [0.5, 0.6) is 5.75 Å². The van der Waals surface area contributed by atoms with E-state index in [2.05, 4.69) is 5.32 Å². The molecule has 0 saturated heterocycles. The molecular weight excluding hydrogens is 242 g/mol. The molecule has 1 N–H and O–H groups in total. The van der Waals surface area contributed by atoms with Crippen LogP contribution in [-0.4, -0.2) is 24.3 Å². The van der Waals surface area contributed by atoms with Crippen LogP contribution in [0, 0.1) is 0 Å². The minimum atomic E-state index is -0.0469. The van der Waals surface area contributed by atoms with E-state index in [-0.39, 0.29) is 30.8 Å². The lowest BCUT2D eigenvalue weighted by Crippen LogP contribution is -2.31. The Morgan fingerprint density at radius 1 is 1.26 bits per heavy atom. The van der Waals surface area contributed by atoms with Gasteiger partial charge in [-0.05, 0) is 26.0 Å². The third-order valence-electron chi connectivity index (χ3n) is 2.54. The quantitative estimate of drug-likeness (QED) is 0.769. The highest BCUT2D eigenvalue weighted by Crippen LogP contribution is 2.19. The SMILES string of the molecule is CCC(=O)c1ccccc1OCCC(=O)NC(C)C. The summed E-state index contributed by atoms with van der Waals surface area (Å²) in [6.07, 6.45) is 0.723. The Hall–Kier alpha value is -1.84. The van der Waals surface area contributed by atoms with Crippen LogP contribution in [-0.2, 0) is 4.79 Å². The molecule has 0 radical (unpaired) electrons. The standard InChI is InChI=1S/C15H21NO3/c1-4-13(17)12-7-5-6-8-14(12)19-10-9-15(18)16-11(2)3/h5-8,11H,4,9-10H2,1-3H3,(H,16,18). The molecule has 4 nitrogen and oxygen atoms in total. The average Bonchev–Trinajstić information content (AvgIpc) is 2.37. The second-order valence-electron chi connectivity index (χ2n) is 4.59. The fraction of sp³-hybridized carbons (Fsp3) is 0.467. The zero-order chi connectivity index (χ0) is 14.3. The van der Waals surface area contributed by atoms with Gasteiger partial charge >= 0.3 is 0 Å². The highest BCUT2D eigenvalue weighted by Gasteiger charge is 2.10. The number of nitrogens with one attached hydrogen (secondary N) is 1. The largest absolute Gasteiger partial charge is 0.492 e. The lowest BCUT2D eigenvalue weighted by atomic mass is 10.1. The number of rotatable bonds is 7. The summed E-state index contributed by atoms with van der Waals surface area (Å²) in [5.74, 6) is 0.545. The van der Waals surface area contributed by atoms with Gasteiger partial charge in [0.2, 0.25) is 5.91 Å². The molecule has 1 aromatic carbocycles. The maximum absolute atomic E-state index is 11.7.